The summed E-state index contributed by atoms with van der Waals surface area (Å²) in [6.45, 7) is 11.2. The Morgan fingerprint density at radius 3 is 2.41 bits per heavy atom. The largest absolute Gasteiger partial charge is 0.256 e. The molecule has 1 rings (SSSR count). The van der Waals surface area contributed by atoms with Gasteiger partial charge in [-0.3, -0.25) is 4.72 Å². The summed E-state index contributed by atoms with van der Waals surface area (Å²) in [5.74, 6) is 0. The van der Waals surface area contributed by atoms with Gasteiger partial charge in [-0.15, -0.1) is 0 Å². The van der Waals surface area contributed by atoms with Gasteiger partial charge in [-0.1, -0.05) is 49.6 Å². The number of hydrogen-bond donors (Lipinski definition) is 1. The maximum absolute atomic E-state index is 3.63. The molecule has 0 fully saturated rings. The van der Waals surface area contributed by atoms with Crippen LogP contribution in [0.3, 0.4) is 0 Å². The lowest BCUT2D eigenvalue weighted by atomic mass is 9.99. The van der Waals surface area contributed by atoms with Crippen molar-refractivity contribution in [1.29, 1.82) is 0 Å². The summed E-state index contributed by atoms with van der Waals surface area (Å²) in [5.41, 5.74) is 2.82. The first-order chi connectivity index (χ1) is 7.94. The molecule has 0 aliphatic rings. The highest BCUT2D eigenvalue weighted by atomic mass is 32.2. The van der Waals surface area contributed by atoms with Gasteiger partial charge in [0.05, 0.1) is 0 Å². The molecule has 0 spiro atoms. The van der Waals surface area contributed by atoms with Crippen LogP contribution in [0.5, 0.6) is 0 Å². The molecule has 0 bridgehead atoms. The summed E-state index contributed by atoms with van der Waals surface area (Å²) in [6, 6.07) is 9.14. The molecule has 1 unspecified atom stereocenters. The lowest BCUT2D eigenvalue weighted by Crippen LogP contribution is -2.22. The second kappa shape index (κ2) is 6.46. The molecule has 1 N–H and O–H groups in total. The maximum atomic E-state index is 3.63. The highest BCUT2D eigenvalue weighted by Gasteiger charge is 2.17. The molecular formula is C15H25NS. The molecule has 0 saturated heterocycles. The van der Waals surface area contributed by atoms with Crippen LogP contribution in [0.4, 0.5) is 0 Å². The molecule has 1 nitrogen and oxygen atoms in total. The van der Waals surface area contributed by atoms with Gasteiger partial charge in [0.1, 0.15) is 0 Å². The Balaban J connectivity index is 2.75. The van der Waals surface area contributed by atoms with E-state index in [0.29, 0.717) is 6.04 Å². The van der Waals surface area contributed by atoms with Crippen LogP contribution in [0.2, 0.25) is 0 Å². The number of hydrogen-bond acceptors (Lipinski definition) is 2. The molecule has 1 aromatic carbocycles. The zero-order valence-electron chi connectivity index (χ0n) is 11.7. The van der Waals surface area contributed by atoms with Gasteiger partial charge in [-0.2, -0.15) is 0 Å². The Kier molecular flexibility index (Phi) is 5.54. The van der Waals surface area contributed by atoms with E-state index in [9.17, 15) is 0 Å². The monoisotopic (exact) mass is 251 g/mol. The minimum absolute atomic E-state index is 0.259. The minimum atomic E-state index is 0.259. The molecular weight excluding hydrogens is 226 g/mol. The Hall–Kier alpha value is -0.470. The normalized spacial score (nSPS) is 13.7. The van der Waals surface area contributed by atoms with Crippen molar-refractivity contribution >= 4 is 11.9 Å². The molecule has 2 heteroatoms. The van der Waals surface area contributed by atoms with Crippen molar-refractivity contribution < 1.29 is 0 Å². The van der Waals surface area contributed by atoms with E-state index in [1.165, 1.54) is 24.0 Å². The molecule has 1 atom stereocenters. The zero-order chi connectivity index (χ0) is 12.9. The molecule has 1 aromatic rings. The lowest BCUT2D eigenvalue weighted by Gasteiger charge is -2.25. The van der Waals surface area contributed by atoms with E-state index in [1.807, 2.05) is 11.9 Å². The van der Waals surface area contributed by atoms with Crippen molar-refractivity contribution in [2.45, 2.75) is 58.2 Å². The van der Waals surface area contributed by atoms with Gasteiger partial charge in [-0.05, 0) is 45.2 Å². The van der Waals surface area contributed by atoms with Crippen molar-refractivity contribution in [3.63, 3.8) is 0 Å². The average molecular weight is 251 g/mol. The summed E-state index contributed by atoms with van der Waals surface area (Å²) in [4.78, 5) is 0. The van der Waals surface area contributed by atoms with Crippen LogP contribution in [0.1, 0.15) is 57.7 Å². The smallest absolute Gasteiger partial charge is 0.0424 e. The fourth-order valence-corrected chi connectivity index (χ4v) is 2.53. The molecule has 0 aliphatic heterocycles. The van der Waals surface area contributed by atoms with Gasteiger partial charge in [0, 0.05) is 10.8 Å². The third-order valence-electron chi connectivity index (χ3n) is 2.65. The highest BCUT2D eigenvalue weighted by Crippen LogP contribution is 2.28. The lowest BCUT2D eigenvalue weighted by molar-refractivity contribution is 0.593. The molecule has 0 aromatic heterocycles. The van der Waals surface area contributed by atoms with Crippen LogP contribution in [0, 0.1) is 6.92 Å². The average Bonchev–Trinajstić information content (AvgIpc) is 2.24. The van der Waals surface area contributed by atoms with Crippen molar-refractivity contribution in [3.05, 3.63) is 35.4 Å². The van der Waals surface area contributed by atoms with E-state index >= 15 is 0 Å². The summed E-state index contributed by atoms with van der Waals surface area (Å²) >= 11 is 1.84. The van der Waals surface area contributed by atoms with Crippen LogP contribution < -0.4 is 4.72 Å². The van der Waals surface area contributed by atoms with Gasteiger partial charge >= 0.3 is 0 Å². The Labute approximate surface area is 111 Å². The van der Waals surface area contributed by atoms with Gasteiger partial charge in [0.15, 0.2) is 0 Å². The zero-order valence-corrected chi connectivity index (χ0v) is 12.5. The second-order valence-corrected chi connectivity index (χ2v) is 7.19. The summed E-state index contributed by atoms with van der Waals surface area (Å²) in [7, 11) is 0. The van der Waals surface area contributed by atoms with Crippen LogP contribution in [0.15, 0.2) is 24.3 Å². The SMILES string of the molecule is CCCC(NSC(C)(C)C)c1ccccc1C. The van der Waals surface area contributed by atoms with Crippen molar-refractivity contribution in [2.24, 2.45) is 0 Å². The predicted molar refractivity (Wildman–Crippen MR) is 79.3 cm³/mol. The first-order valence-corrected chi connectivity index (χ1v) is 7.24. The van der Waals surface area contributed by atoms with Crippen LogP contribution >= 0.6 is 11.9 Å². The second-order valence-electron chi connectivity index (χ2n) is 5.53. The fraction of sp³-hybridized carbons (Fsp3) is 0.600. The number of aryl methyl sites for hydroxylation is 1. The van der Waals surface area contributed by atoms with Gasteiger partial charge in [0.2, 0.25) is 0 Å². The molecule has 0 radical (unpaired) electrons. The third kappa shape index (κ3) is 5.13. The van der Waals surface area contributed by atoms with Gasteiger partial charge in [-0.25, -0.2) is 0 Å². The van der Waals surface area contributed by atoms with Crippen molar-refractivity contribution in [1.82, 2.24) is 4.72 Å². The van der Waals surface area contributed by atoms with Crippen LogP contribution in [0.25, 0.3) is 0 Å². The summed E-state index contributed by atoms with van der Waals surface area (Å²) in [6.07, 6.45) is 2.39. The van der Waals surface area contributed by atoms with Gasteiger partial charge in [0.25, 0.3) is 0 Å². The molecule has 0 aliphatic carbocycles. The Bertz CT molecular complexity index is 341. The molecule has 0 amide bonds. The topological polar surface area (TPSA) is 12.0 Å². The molecule has 96 valence electrons. The molecule has 0 heterocycles. The van der Waals surface area contributed by atoms with Gasteiger partial charge < -0.3 is 0 Å². The van der Waals surface area contributed by atoms with E-state index in [-0.39, 0.29) is 4.75 Å². The van der Waals surface area contributed by atoms with E-state index in [2.05, 4.69) is 63.6 Å². The summed E-state index contributed by atoms with van der Waals surface area (Å²) < 4.78 is 3.89. The standard InChI is InChI=1S/C15H25NS/c1-6-9-14(16-17-15(3,4)5)13-11-8-7-10-12(13)2/h7-8,10-11,14,16H,6,9H2,1-5H3. The number of nitrogens with one attached hydrogen (secondary N) is 1. The molecule has 0 saturated carbocycles. The van der Waals surface area contributed by atoms with Crippen molar-refractivity contribution in [2.75, 3.05) is 0 Å². The van der Waals surface area contributed by atoms with E-state index in [1.54, 1.807) is 0 Å². The number of rotatable bonds is 5. The highest BCUT2D eigenvalue weighted by molar-refractivity contribution is 7.98. The van der Waals surface area contributed by atoms with Crippen LogP contribution in [-0.4, -0.2) is 4.75 Å². The molecule has 17 heavy (non-hydrogen) atoms. The minimum Gasteiger partial charge on any atom is -0.256 e. The predicted octanol–water partition coefficient (Wildman–Crippen LogP) is 4.87. The first kappa shape index (κ1) is 14.6. The Morgan fingerprint density at radius 2 is 1.88 bits per heavy atom. The van der Waals surface area contributed by atoms with E-state index in [0.717, 1.165) is 0 Å². The summed E-state index contributed by atoms with van der Waals surface area (Å²) in [5, 5.41) is 0. The van der Waals surface area contributed by atoms with E-state index in [4.69, 9.17) is 0 Å². The third-order valence-corrected chi connectivity index (χ3v) is 3.66. The fourth-order valence-electron chi connectivity index (χ4n) is 1.79. The Morgan fingerprint density at radius 1 is 1.24 bits per heavy atom. The first-order valence-electron chi connectivity index (χ1n) is 6.43. The van der Waals surface area contributed by atoms with Crippen molar-refractivity contribution in [3.8, 4) is 0 Å². The van der Waals surface area contributed by atoms with E-state index < -0.39 is 0 Å². The quantitative estimate of drug-likeness (QED) is 0.749. The maximum Gasteiger partial charge on any atom is 0.0424 e. The van der Waals surface area contributed by atoms with Crippen LogP contribution in [-0.2, 0) is 0 Å². The number of benzene rings is 1.